The van der Waals surface area contributed by atoms with Crippen LogP contribution in [-0.2, 0) is 26.1 Å². The Morgan fingerprint density at radius 3 is 2.57 bits per heavy atom. The molecule has 2 atom stereocenters. The van der Waals surface area contributed by atoms with E-state index in [4.69, 9.17) is 5.11 Å². The van der Waals surface area contributed by atoms with E-state index in [9.17, 15) is 22.6 Å². The number of benzene rings is 1. The van der Waals surface area contributed by atoms with E-state index in [1.165, 1.54) is 6.07 Å². The number of hydrogen-bond donors (Lipinski definition) is 2. The predicted octanol–water partition coefficient (Wildman–Crippen LogP) is 1.57. The molecule has 0 saturated heterocycles. The van der Waals surface area contributed by atoms with Gasteiger partial charge < -0.3 is 10.4 Å². The van der Waals surface area contributed by atoms with Crippen LogP contribution in [-0.4, -0.2) is 33.0 Å². The normalized spacial score (nSPS) is 13.5. The van der Waals surface area contributed by atoms with E-state index >= 15 is 0 Å². The van der Waals surface area contributed by atoms with Crippen LogP contribution in [0.15, 0.2) is 16.6 Å². The molecule has 0 aromatic heterocycles. The summed E-state index contributed by atoms with van der Waals surface area (Å²) in [6.07, 6.45) is 0. The summed E-state index contributed by atoms with van der Waals surface area (Å²) in [5.41, 5.74) is -0.394. The Labute approximate surface area is 130 Å². The molecule has 0 aliphatic heterocycles. The number of aliphatic carboxylic acids is 1. The molecule has 5 nitrogen and oxygen atoms in total. The summed E-state index contributed by atoms with van der Waals surface area (Å²) in [6.45, 7) is 1.12. The number of nitrogens with one attached hydrogen (secondary N) is 1. The average Bonchev–Trinajstić information content (AvgIpc) is 2.38. The molecule has 1 rings (SSSR count). The van der Waals surface area contributed by atoms with Crippen LogP contribution >= 0.6 is 15.9 Å². The fourth-order valence-electron chi connectivity index (χ4n) is 1.53. The van der Waals surface area contributed by atoms with Gasteiger partial charge in [-0.3, -0.25) is 9.00 Å². The van der Waals surface area contributed by atoms with Crippen molar-refractivity contribution in [1.82, 2.24) is 5.32 Å². The van der Waals surface area contributed by atoms with Gasteiger partial charge in [0.15, 0.2) is 0 Å². The van der Waals surface area contributed by atoms with Gasteiger partial charge in [0.2, 0.25) is 5.91 Å². The molecule has 2 unspecified atom stereocenters. The second-order valence-corrected chi connectivity index (χ2v) is 6.52. The summed E-state index contributed by atoms with van der Waals surface area (Å²) in [6, 6.07) is 0.818. The maximum atomic E-state index is 13.7. The lowest BCUT2D eigenvalue weighted by Crippen LogP contribution is -2.43. The van der Waals surface area contributed by atoms with Crippen LogP contribution in [0, 0.1) is 11.6 Å². The molecule has 9 heteroatoms. The summed E-state index contributed by atoms with van der Waals surface area (Å²) in [5.74, 6) is -4.64. The first-order valence-electron chi connectivity index (χ1n) is 5.69. The molecule has 1 aromatic carbocycles. The van der Waals surface area contributed by atoms with Crippen LogP contribution < -0.4 is 5.32 Å². The van der Waals surface area contributed by atoms with Gasteiger partial charge in [0, 0.05) is 23.3 Å². The van der Waals surface area contributed by atoms with E-state index in [-0.39, 0.29) is 4.47 Å². The number of hydrogen-bond acceptors (Lipinski definition) is 3. The lowest BCUT2D eigenvalue weighted by atomic mass is 10.2. The highest BCUT2D eigenvalue weighted by Gasteiger charge is 2.23. The maximum absolute atomic E-state index is 13.7. The highest BCUT2D eigenvalue weighted by molar-refractivity contribution is 9.10. The number of carboxylic acids is 1. The minimum absolute atomic E-state index is 0.0209. The zero-order chi connectivity index (χ0) is 16.2. The highest BCUT2D eigenvalue weighted by Crippen LogP contribution is 2.22. The Kier molecular flexibility index (Phi) is 6.41. The third-order valence-corrected chi connectivity index (χ3v) is 4.40. The quantitative estimate of drug-likeness (QED) is 0.730. The minimum atomic E-state index is -1.86. The minimum Gasteiger partial charge on any atom is -0.480 e. The van der Waals surface area contributed by atoms with Crippen LogP contribution in [0.5, 0.6) is 0 Å². The Bertz CT molecular complexity index is 597. The molecule has 1 aromatic rings. The van der Waals surface area contributed by atoms with Crippen LogP contribution in [0.2, 0.25) is 0 Å². The molecule has 0 aliphatic rings. The number of carbonyl (C=O) groups excluding carboxylic acids is 1. The van der Waals surface area contributed by atoms with Crippen molar-refractivity contribution < 1.29 is 27.7 Å². The Balaban J connectivity index is 2.84. The van der Waals surface area contributed by atoms with E-state index in [2.05, 4.69) is 21.2 Å². The van der Waals surface area contributed by atoms with Gasteiger partial charge in [0.05, 0.1) is 16.0 Å². The second-order valence-electron chi connectivity index (χ2n) is 4.16. The molecule has 21 heavy (non-hydrogen) atoms. The van der Waals surface area contributed by atoms with Crippen molar-refractivity contribution in [3.8, 4) is 0 Å². The lowest BCUT2D eigenvalue weighted by Gasteiger charge is -2.13. The summed E-state index contributed by atoms with van der Waals surface area (Å²) < 4.78 is 39.1. The van der Waals surface area contributed by atoms with Crippen molar-refractivity contribution >= 4 is 38.6 Å². The van der Waals surface area contributed by atoms with Crippen molar-refractivity contribution in [1.29, 1.82) is 0 Å². The van der Waals surface area contributed by atoms with Crippen LogP contribution in [0.1, 0.15) is 12.5 Å². The predicted molar refractivity (Wildman–Crippen MR) is 76.0 cm³/mol. The number of carbonyl (C=O) groups is 2. The zero-order valence-electron chi connectivity index (χ0n) is 10.9. The molecule has 2 N–H and O–H groups in total. The van der Waals surface area contributed by atoms with Crippen molar-refractivity contribution in [2.45, 2.75) is 18.7 Å². The smallest absolute Gasteiger partial charge is 0.327 e. The fourth-order valence-corrected chi connectivity index (χ4v) is 3.20. The topological polar surface area (TPSA) is 83.5 Å². The molecule has 116 valence electrons. The largest absolute Gasteiger partial charge is 0.480 e. The standard InChI is InChI=1S/C12H12BrF2NO4S/c1-6(17)16-10(12(18)19)5-21(20)4-7-9(14)3-2-8(13)11(7)15/h2-3,10H,4-5H2,1H3,(H,16,17)(H,18,19). The first-order valence-corrected chi connectivity index (χ1v) is 7.97. The van der Waals surface area contributed by atoms with Crippen LogP contribution in [0.25, 0.3) is 0 Å². The average molecular weight is 384 g/mol. The van der Waals surface area contributed by atoms with Gasteiger partial charge in [0.25, 0.3) is 0 Å². The number of amides is 1. The molecule has 0 bridgehead atoms. The van der Waals surface area contributed by atoms with Gasteiger partial charge in [-0.15, -0.1) is 0 Å². The van der Waals surface area contributed by atoms with Gasteiger partial charge in [0.1, 0.15) is 17.7 Å². The first-order chi connectivity index (χ1) is 9.72. The molecule has 0 radical (unpaired) electrons. The molecule has 0 aliphatic carbocycles. The van der Waals surface area contributed by atoms with Gasteiger partial charge >= 0.3 is 5.97 Å². The zero-order valence-corrected chi connectivity index (χ0v) is 13.3. The van der Waals surface area contributed by atoms with E-state index in [0.29, 0.717) is 0 Å². The van der Waals surface area contributed by atoms with Crippen molar-refractivity contribution in [2.75, 3.05) is 5.75 Å². The summed E-state index contributed by atoms with van der Waals surface area (Å²) >= 11 is 2.89. The molecule has 0 saturated carbocycles. The SMILES string of the molecule is CC(=O)NC(CS(=O)Cc1c(F)ccc(Br)c1F)C(=O)O. The Morgan fingerprint density at radius 1 is 1.43 bits per heavy atom. The summed E-state index contributed by atoms with van der Waals surface area (Å²) in [7, 11) is -1.86. The number of carboxylic acid groups (broad SMARTS) is 1. The molecular weight excluding hydrogens is 372 g/mol. The molecule has 0 spiro atoms. The van der Waals surface area contributed by atoms with Crippen LogP contribution in [0.4, 0.5) is 8.78 Å². The molecule has 1 amide bonds. The van der Waals surface area contributed by atoms with Gasteiger partial charge in [-0.2, -0.15) is 0 Å². The Hall–Kier alpha value is -1.35. The van der Waals surface area contributed by atoms with Gasteiger partial charge in [-0.05, 0) is 28.1 Å². The third kappa shape index (κ3) is 5.16. The number of halogens is 3. The second kappa shape index (κ2) is 7.60. The molecule has 0 fully saturated rings. The number of rotatable bonds is 6. The third-order valence-electron chi connectivity index (χ3n) is 2.47. The lowest BCUT2D eigenvalue weighted by molar-refractivity contribution is -0.140. The first kappa shape index (κ1) is 17.7. The van der Waals surface area contributed by atoms with Crippen molar-refractivity contribution in [2.24, 2.45) is 0 Å². The van der Waals surface area contributed by atoms with E-state index in [1.807, 2.05) is 0 Å². The van der Waals surface area contributed by atoms with E-state index < -0.39 is 57.4 Å². The maximum Gasteiger partial charge on any atom is 0.327 e. The Morgan fingerprint density at radius 2 is 2.05 bits per heavy atom. The van der Waals surface area contributed by atoms with E-state index in [1.54, 1.807) is 0 Å². The van der Waals surface area contributed by atoms with Crippen molar-refractivity contribution in [3.05, 3.63) is 33.8 Å². The fraction of sp³-hybridized carbons (Fsp3) is 0.333. The van der Waals surface area contributed by atoms with Gasteiger partial charge in [-0.1, -0.05) is 0 Å². The molecular formula is C12H12BrF2NO4S. The van der Waals surface area contributed by atoms with E-state index in [0.717, 1.165) is 13.0 Å². The monoisotopic (exact) mass is 383 g/mol. The van der Waals surface area contributed by atoms with Crippen molar-refractivity contribution in [3.63, 3.8) is 0 Å². The van der Waals surface area contributed by atoms with Gasteiger partial charge in [-0.25, -0.2) is 13.6 Å². The summed E-state index contributed by atoms with van der Waals surface area (Å²) in [4.78, 5) is 21.8. The van der Waals surface area contributed by atoms with Crippen LogP contribution in [0.3, 0.4) is 0 Å². The summed E-state index contributed by atoms with van der Waals surface area (Å²) in [5, 5.41) is 11.0. The highest BCUT2D eigenvalue weighted by atomic mass is 79.9. The molecule has 0 heterocycles.